The molecular weight excluding hydrogens is 377 g/mol. The third-order valence-corrected chi connectivity index (χ3v) is 3.85. The average molecular weight is 397 g/mol. The topological polar surface area (TPSA) is 51.7 Å². The van der Waals surface area contributed by atoms with Gasteiger partial charge < -0.3 is 14.4 Å². The molecule has 1 saturated heterocycles. The third-order valence-electron chi connectivity index (χ3n) is 3.46. The van der Waals surface area contributed by atoms with Crippen LogP contribution in [0.1, 0.15) is 33.3 Å². The third kappa shape index (κ3) is 5.15. The second kappa shape index (κ2) is 7.21. The molecule has 0 bridgehead atoms. The van der Waals surface area contributed by atoms with Crippen molar-refractivity contribution in [2.75, 3.05) is 13.1 Å². The summed E-state index contributed by atoms with van der Waals surface area (Å²) in [5.74, 6) is -3.41. The molecule has 25 heavy (non-hydrogen) atoms. The molecule has 0 radical (unpaired) electrons. The number of rotatable bonds is 2. The van der Waals surface area contributed by atoms with Gasteiger partial charge in [0, 0.05) is 5.56 Å². The minimum absolute atomic E-state index is 0.143. The Hall–Kier alpha value is -1.18. The van der Waals surface area contributed by atoms with Crippen molar-refractivity contribution in [3.8, 4) is 0 Å². The second-order valence-electron chi connectivity index (χ2n) is 6.94. The van der Waals surface area contributed by atoms with Crippen LogP contribution in [0.3, 0.4) is 0 Å². The van der Waals surface area contributed by atoms with Gasteiger partial charge in [0.15, 0.2) is 0 Å². The number of amides is 1. The maximum Gasteiger partial charge on any atom is 0.410 e. The van der Waals surface area contributed by atoms with E-state index >= 15 is 0 Å². The van der Waals surface area contributed by atoms with Crippen LogP contribution in [0.4, 0.5) is 13.6 Å². The molecule has 2 heterocycles. The van der Waals surface area contributed by atoms with Crippen molar-refractivity contribution in [1.82, 2.24) is 9.88 Å². The fourth-order valence-electron chi connectivity index (χ4n) is 2.47. The fourth-order valence-corrected chi connectivity index (χ4v) is 2.93. The smallest absolute Gasteiger partial charge is 0.410 e. The number of hydrogen-bond acceptors (Lipinski definition) is 4. The number of carbonyl (C=O) groups excluding carboxylic acids is 1. The molecular formula is C16H20Cl2F2N2O3. The van der Waals surface area contributed by atoms with Crippen LogP contribution < -0.4 is 0 Å². The lowest BCUT2D eigenvalue weighted by atomic mass is 10.0. The monoisotopic (exact) mass is 396 g/mol. The summed E-state index contributed by atoms with van der Waals surface area (Å²) in [6, 6.07) is 2.07. The number of halogens is 4. The van der Waals surface area contributed by atoms with Crippen molar-refractivity contribution in [3.05, 3.63) is 28.0 Å². The lowest BCUT2D eigenvalue weighted by molar-refractivity contribution is -0.191. The molecule has 1 aromatic rings. The molecule has 1 aliphatic heterocycles. The lowest BCUT2D eigenvalue weighted by Gasteiger charge is -2.40. The summed E-state index contributed by atoms with van der Waals surface area (Å²) < 4.78 is 40.5. The molecule has 5 nitrogen and oxygen atoms in total. The second-order valence-corrected chi connectivity index (χ2v) is 7.72. The van der Waals surface area contributed by atoms with Crippen LogP contribution in [-0.2, 0) is 15.4 Å². The maximum atomic E-state index is 14.9. The number of morpholine rings is 1. The molecule has 1 amide bonds. The van der Waals surface area contributed by atoms with Crippen molar-refractivity contribution in [2.45, 2.75) is 51.4 Å². The number of carbonyl (C=O) groups is 1. The zero-order chi connectivity index (χ0) is 19.0. The molecule has 0 saturated carbocycles. The Kier molecular flexibility index (Phi) is 5.81. The highest BCUT2D eigenvalue weighted by Crippen LogP contribution is 2.38. The normalized spacial score (nSPS) is 22.0. The number of pyridine rings is 1. The van der Waals surface area contributed by atoms with Crippen molar-refractivity contribution < 1.29 is 23.0 Å². The van der Waals surface area contributed by atoms with Gasteiger partial charge in [-0.15, -0.1) is 0 Å². The first-order valence-corrected chi connectivity index (χ1v) is 8.49. The Morgan fingerprint density at radius 2 is 1.84 bits per heavy atom. The number of ether oxygens (including phenoxy) is 2. The molecule has 1 fully saturated rings. The molecule has 1 aromatic heterocycles. The Bertz CT molecular complexity index is 633. The van der Waals surface area contributed by atoms with E-state index in [1.54, 1.807) is 27.7 Å². The van der Waals surface area contributed by atoms with Gasteiger partial charge in [0.2, 0.25) is 0 Å². The summed E-state index contributed by atoms with van der Waals surface area (Å²) in [6.07, 6.45) is -2.79. The van der Waals surface area contributed by atoms with Gasteiger partial charge in [0.1, 0.15) is 22.0 Å². The molecule has 9 heteroatoms. The minimum atomic E-state index is -3.41. The molecule has 140 valence electrons. The molecule has 0 aromatic carbocycles. The highest BCUT2D eigenvalue weighted by molar-refractivity contribution is 6.32. The van der Waals surface area contributed by atoms with E-state index in [0.717, 1.165) is 12.1 Å². The quantitative estimate of drug-likeness (QED) is 0.690. The molecule has 0 aliphatic carbocycles. The fraction of sp³-hybridized carbons (Fsp3) is 0.625. The van der Waals surface area contributed by atoms with Crippen LogP contribution in [0.5, 0.6) is 0 Å². The summed E-state index contributed by atoms with van der Waals surface area (Å²) in [7, 11) is 0. The molecule has 2 rings (SSSR count). The van der Waals surface area contributed by atoms with E-state index in [4.69, 9.17) is 32.7 Å². The zero-order valence-electron chi connectivity index (χ0n) is 14.4. The standard InChI is InChI=1S/C16H20Cl2F2N2O3/c1-9-7-22(14(23)25-15(2,3)4)8-11(24-9)16(19,20)10-5-12(17)21-13(18)6-10/h5-6,9,11H,7-8H2,1-4H3/t9-,11-/m0/s1. The van der Waals surface area contributed by atoms with Crippen molar-refractivity contribution >= 4 is 29.3 Å². The first kappa shape index (κ1) is 20.1. The molecule has 2 atom stereocenters. The van der Waals surface area contributed by atoms with Crippen LogP contribution in [0.25, 0.3) is 0 Å². The lowest BCUT2D eigenvalue weighted by Crippen LogP contribution is -2.55. The molecule has 1 aliphatic rings. The van der Waals surface area contributed by atoms with Gasteiger partial charge in [0.05, 0.1) is 19.2 Å². The predicted molar refractivity (Wildman–Crippen MR) is 90.3 cm³/mol. The van der Waals surface area contributed by atoms with Gasteiger partial charge in [-0.2, -0.15) is 8.78 Å². The molecule has 0 spiro atoms. The van der Waals surface area contributed by atoms with E-state index in [-0.39, 0.29) is 23.4 Å². The van der Waals surface area contributed by atoms with Gasteiger partial charge >= 0.3 is 12.0 Å². The summed E-state index contributed by atoms with van der Waals surface area (Å²) in [4.78, 5) is 17.1. The number of hydrogen-bond donors (Lipinski definition) is 0. The highest BCUT2D eigenvalue weighted by atomic mass is 35.5. The first-order chi connectivity index (χ1) is 11.4. The zero-order valence-corrected chi connectivity index (χ0v) is 15.9. The maximum absolute atomic E-state index is 14.9. The van der Waals surface area contributed by atoms with E-state index in [9.17, 15) is 13.6 Å². The molecule has 0 N–H and O–H groups in total. The van der Waals surface area contributed by atoms with Crippen LogP contribution in [0.15, 0.2) is 12.1 Å². The number of aromatic nitrogens is 1. The van der Waals surface area contributed by atoms with Crippen LogP contribution in [-0.4, -0.2) is 46.9 Å². The minimum Gasteiger partial charge on any atom is -0.444 e. The largest absolute Gasteiger partial charge is 0.444 e. The van der Waals surface area contributed by atoms with Crippen LogP contribution in [0, 0.1) is 0 Å². The van der Waals surface area contributed by atoms with Crippen LogP contribution >= 0.6 is 23.2 Å². The van der Waals surface area contributed by atoms with Gasteiger partial charge in [0.25, 0.3) is 0 Å². The van der Waals surface area contributed by atoms with E-state index in [0.29, 0.717) is 0 Å². The van der Waals surface area contributed by atoms with Crippen molar-refractivity contribution in [3.63, 3.8) is 0 Å². The Morgan fingerprint density at radius 3 is 2.36 bits per heavy atom. The summed E-state index contributed by atoms with van der Waals surface area (Å²) in [5, 5.41) is -0.287. The van der Waals surface area contributed by atoms with Crippen molar-refractivity contribution in [1.29, 1.82) is 0 Å². The van der Waals surface area contributed by atoms with Gasteiger partial charge in [-0.25, -0.2) is 9.78 Å². The van der Waals surface area contributed by atoms with Crippen LogP contribution in [0.2, 0.25) is 10.3 Å². The first-order valence-electron chi connectivity index (χ1n) is 7.73. The van der Waals surface area contributed by atoms with Gasteiger partial charge in [-0.05, 0) is 39.8 Å². The van der Waals surface area contributed by atoms with E-state index in [2.05, 4.69) is 4.98 Å². The van der Waals surface area contributed by atoms with Crippen molar-refractivity contribution in [2.24, 2.45) is 0 Å². The number of nitrogens with zero attached hydrogens (tertiary/aromatic N) is 2. The number of alkyl halides is 2. The van der Waals surface area contributed by atoms with E-state index in [1.807, 2.05) is 0 Å². The SMILES string of the molecule is C[C@H]1CN(C(=O)OC(C)(C)C)C[C@@H](C(F)(F)c2cc(Cl)nc(Cl)c2)O1. The van der Waals surface area contributed by atoms with Gasteiger partial charge in [-0.1, -0.05) is 23.2 Å². The highest BCUT2D eigenvalue weighted by Gasteiger charge is 2.47. The average Bonchev–Trinajstić information content (AvgIpc) is 2.43. The van der Waals surface area contributed by atoms with Gasteiger partial charge in [-0.3, -0.25) is 0 Å². The van der Waals surface area contributed by atoms with E-state index in [1.165, 1.54) is 4.90 Å². The summed E-state index contributed by atoms with van der Waals surface area (Å²) in [5.41, 5.74) is -1.14. The Morgan fingerprint density at radius 1 is 1.28 bits per heavy atom. The Balaban J connectivity index is 2.23. The Labute approximate surface area is 155 Å². The molecule has 0 unspecified atom stereocenters. The van der Waals surface area contributed by atoms with E-state index < -0.39 is 35.4 Å². The summed E-state index contributed by atoms with van der Waals surface area (Å²) >= 11 is 11.4. The summed E-state index contributed by atoms with van der Waals surface area (Å²) in [6.45, 7) is 6.60. The predicted octanol–water partition coefficient (Wildman–Crippen LogP) is 4.50.